The van der Waals surface area contributed by atoms with Crippen LogP contribution in [-0.2, 0) is 16.1 Å². The van der Waals surface area contributed by atoms with Crippen molar-refractivity contribution in [3.05, 3.63) is 6.33 Å². The fourth-order valence-corrected chi connectivity index (χ4v) is 2.83. The van der Waals surface area contributed by atoms with Crippen LogP contribution in [0.25, 0.3) is 11.2 Å². The summed E-state index contributed by atoms with van der Waals surface area (Å²) in [5.74, 6) is -0.0877. The van der Waals surface area contributed by atoms with Gasteiger partial charge >= 0.3 is 0 Å². The van der Waals surface area contributed by atoms with Gasteiger partial charge in [-0.2, -0.15) is 9.97 Å². The van der Waals surface area contributed by atoms with Crippen LogP contribution < -0.4 is 10.9 Å². The molecule has 0 aromatic carbocycles. The van der Waals surface area contributed by atoms with E-state index in [1.807, 2.05) is 0 Å². The number of nitrogens with zero attached hydrogens (tertiary/aromatic N) is 4. The van der Waals surface area contributed by atoms with Crippen molar-refractivity contribution >= 4 is 28.5 Å². The maximum atomic E-state index is 11.5. The first-order valence-electron chi connectivity index (χ1n) is 6.12. The van der Waals surface area contributed by atoms with Gasteiger partial charge in [0.25, 0.3) is 5.03 Å². The lowest BCUT2D eigenvalue weighted by molar-refractivity contribution is -0.0432. The number of hydrogen-bond donors (Lipinski definition) is 4. The van der Waals surface area contributed by atoms with Crippen LogP contribution in [0.4, 0.5) is 5.95 Å². The van der Waals surface area contributed by atoms with Crippen LogP contribution in [-0.4, -0.2) is 53.1 Å². The summed E-state index contributed by atoms with van der Waals surface area (Å²) in [7, 11) is 0. The fraction of sp³-hybridized carbons (Fsp3) is 0.500. The molecule has 0 spiro atoms. The Balaban J connectivity index is 2.05. The molecular weight excluding hydrogens is 300 g/mol. The van der Waals surface area contributed by atoms with E-state index in [0.717, 1.165) is 0 Å². The SMILES string of the molecule is Nc1nc([S+](N)[O-])c2ncn([C@H]3C[C@H](O)[C@@H](CO)O3)c2n1. The van der Waals surface area contributed by atoms with Crippen LogP contribution in [0.15, 0.2) is 11.4 Å². The molecule has 3 rings (SSSR count). The summed E-state index contributed by atoms with van der Waals surface area (Å²) in [6.07, 6.45) is -0.335. The number of imidazole rings is 1. The molecule has 10 nitrogen and oxygen atoms in total. The Morgan fingerprint density at radius 3 is 2.90 bits per heavy atom. The molecule has 1 unspecified atom stereocenters. The fourth-order valence-electron chi connectivity index (χ4n) is 2.31. The predicted octanol–water partition coefficient (Wildman–Crippen LogP) is -1.97. The number of anilines is 1. The Morgan fingerprint density at radius 2 is 2.29 bits per heavy atom. The second-order valence-corrected chi connectivity index (χ2v) is 5.60. The van der Waals surface area contributed by atoms with Gasteiger partial charge in [-0.25, -0.2) is 4.98 Å². The summed E-state index contributed by atoms with van der Waals surface area (Å²) in [5, 5.41) is 24.3. The Bertz CT molecular complexity index is 664. The molecule has 21 heavy (non-hydrogen) atoms. The van der Waals surface area contributed by atoms with Gasteiger partial charge in [0.05, 0.1) is 30.4 Å². The summed E-state index contributed by atoms with van der Waals surface area (Å²) >= 11 is -1.85. The zero-order chi connectivity index (χ0) is 15.1. The second-order valence-electron chi connectivity index (χ2n) is 4.62. The third-order valence-electron chi connectivity index (χ3n) is 3.29. The number of aliphatic hydroxyl groups is 2. The summed E-state index contributed by atoms with van der Waals surface area (Å²) < 4.78 is 18.6. The average Bonchev–Trinajstić information content (AvgIpc) is 3.00. The van der Waals surface area contributed by atoms with E-state index in [2.05, 4.69) is 15.0 Å². The van der Waals surface area contributed by atoms with Crippen LogP contribution >= 0.6 is 0 Å². The number of aromatic nitrogens is 4. The van der Waals surface area contributed by atoms with Crippen molar-refractivity contribution in [1.82, 2.24) is 19.5 Å². The van der Waals surface area contributed by atoms with Crippen molar-refractivity contribution in [3.63, 3.8) is 0 Å². The van der Waals surface area contributed by atoms with E-state index in [1.165, 1.54) is 6.33 Å². The minimum absolute atomic E-state index is 0.0357. The second kappa shape index (κ2) is 5.36. The molecule has 0 amide bonds. The van der Waals surface area contributed by atoms with Crippen molar-refractivity contribution in [2.75, 3.05) is 12.3 Å². The van der Waals surface area contributed by atoms with E-state index < -0.39 is 29.8 Å². The van der Waals surface area contributed by atoms with E-state index in [0.29, 0.717) is 5.65 Å². The number of nitrogens with two attached hydrogens (primary N) is 2. The Labute approximate surface area is 122 Å². The molecule has 0 radical (unpaired) electrons. The highest BCUT2D eigenvalue weighted by atomic mass is 32.2. The predicted molar refractivity (Wildman–Crippen MR) is 72.0 cm³/mol. The van der Waals surface area contributed by atoms with Crippen LogP contribution in [0.5, 0.6) is 0 Å². The first kappa shape index (κ1) is 14.4. The topological polar surface area (TPSA) is 168 Å². The Hall–Kier alpha value is -1.50. The average molecular weight is 314 g/mol. The highest BCUT2D eigenvalue weighted by Crippen LogP contribution is 2.31. The minimum atomic E-state index is -1.85. The number of aliphatic hydroxyl groups excluding tert-OH is 2. The number of hydrogen-bond acceptors (Lipinski definition) is 9. The van der Waals surface area contributed by atoms with Gasteiger partial charge in [0.15, 0.2) is 11.2 Å². The van der Waals surface area contributed by atoms with E-state index >= 15 is 0 Å². The standard InChI is InChI=1S/C10H14N6O4S/c11-10-14-8-7(9(15-10)21(12)19)13-3-16(8)6-1-4(18)5(2-17)20-6/h3-6,17-18H,1-2,12H2,(H2,11,14,15)/t4-,5+,6+,21?/m0/s1. The molecule has 0 bridgehead atoms. The summed E-state index contributed by atoms with van der Waals surface area (Å²) in [4.78, 5) is 12.0. The smallest absolute Gasteiger partial charge is 0.298 e. The van der Waals surface area contributed by atoms with Crippen molar-refractivity contribution in [1.29, 1.82) is 0 Å². The van der Waals surface area contributed by atoms with Gasteiger partial charge < -0.3 is 25.2 Å². The summed E-state index contributed by atoms with van der Waals surface area (Å²) in [5.41, 5.74) is 6.16. The first-order chi connectivity index (χ1) is 10.0. The van der Waals surface area contributed by atoms with Gasteiger partial charge in [-0.05, 0) is 0 Å². The van der Waals surface area contributed by atoms with E-state index in [-0.39, 0.29) is 29.5 Å². The lowest BCUT2D eigenvalue weighted by Crippen LogP contribution is -2.24. The molecule has 1 aliphatic rings. The van der Waals surface area contributed by atoms with Gasteiger partial charge in [0, 0.05) is 6.42 Å². The molecule has 114 valence electrons. The zero-order valence-electron chi connectivity index (χ0n) is 10.8. The monoisotopic (exact) mass is 314 g/mol. The number of fused-ring (bicyclic) bond motifs is 1. The quantitative estimate of drug-likeness (QED) is 0.371. The maximum absolute atomic E-state index is 11.5. The largest absolute Gasteiger partial charge is 0.592 e. The molecule has 1 fully saturated rings. The highest BCUT2D eigenvalue weighted by Gasteiger charge is 2.36. The number of nitrogen functional groups attached to an aromatic ring is 1. The Kier molecular flexibility index (Phi) is 3.69. The van der Waals surface area contributed by atoms with Crippen LogP contribution in [0.1, 0.15) is 12.6 Å². The van der Waals surface area contributed by atoms with E-state index in [4.69, 9.17) is 20.7 Å². The highest BCUT2D eigenvalue weighted by molar-refractivity contribution is 7.89. The number of rotatable bonds is 3. The molecule has 2 aromatic heterocycles. The van der Waals surface area contributed by atoms with Gasteiger partial charge in [0.1, 0.15) is 12.3 Å². The normalized spacial score (nSPS) is 27.3. The molecule has 6 N–H and O–H groups in total. The third-order valence-corrected chi connectivity index (χ3v) is 3.96. The van der Waals surface area contributed by atoms with Crippen LogP contribution in [0.3, 0.4) is 0 Å². The minimum Gasteiger partial charge on any atom is -0.592 e. The van der Waals surface area contributed by atoms with E-state index in [9.17, 15) is 9.66 Å². The number of ether oxygens (including phenoxy) is 1. The molecule has 1 aliphatic heterocycles. The van der Waals surface area contributed by atoms with Crippen LogP contribution in [0.2, 0.25) is 0 Å². The summed E-state index contributed by atoms with van der Waals surface area (Å²) in [6, 6.07) is 0. The molecule has 3 heterocycles. The van der Waals surface area contributed by atoms with E-state index in [1.54, 1.807) is 4.57 Å². The van der Waals surface area contributed by atoms with Gasteiger partial charge in [-0.3, -0.25) is 4.57 Å². The van der Waals surface area contributed by atoms with Crippen molar-refractivity contribution in [2.24, 2.45) is 5.14 Å². The van der Waals surface area contributed by atoms with Crippen LogP contribution in [0, 0.1) is 0 Å². The lowest BCUT2D eigenvalue weighted by atomic mass is 10.2. The van der Waals surface area contributed by atoms with Gasteiger partial charge in [0.2, 0.25) is 5.95 Å². The molecule has 0 aliphatic carbocycles. The summed E-state index contributed by atoms with van der Waals surface area (Å²) in [6.45, 7) is -0.292. The molecule has 0 saturated carbocycles. The third kappa shape index (κ3) is 2.43. The van der Waals surface area contributed by atoms with Gasteiger partial charge in [-0.1, -0.05) is 0 Å². The molecule has 4 atom stereocenters. The first-order valence-corrected chi connectivity index (χ1v) is 7.33. The molecule has 11 heteroatoms. The molecule has 2 aromatic rings. The lowest BCUT2D eigenvalue weighted by Gasteiger charge is -2.13. The van der Waals surface area contributed by atoms with Crippen molar-refractivity contribution < 1.29 is 19.5 Å². The van der Waals surface area contributed by atoms with Gasteiger partial charge in [-0.15, -0.1) is 5.14 Å². The van der Waals surface area contributed by atoms with Crippen molar-refractivity contribution in [3.8, 4) is 0 Å². The maximum Gasteiger partial charge on any atom is 0.298 e. The zero-order valence-corrected chi connectivity index (χ0v) is 11.6. The van der Waals surface area contributed by atoms with Crippen molar-refractivity contribution in [2.45, 2.75) is 29.9 Å². The molecule has 1 saturated heterocycles. The Morgan fingerprint density at radius 1 is 1.52 bits per heavy atom. The molecular formula is C10H14N6O4S.